The summed E-state index contributed by atoms with van der Waals surface area (Å²) >= 11 is 0. The molecule has 2 aliphatic rings. The maximum Gasteiger partial charge on any atom is 0.0922 e. The molecular formula is C18H25N. The Kier molecular flexibility index (Phi) is 4.28. The van der Waals surface area contributed by atoms with Crippen LogP contribution in [0, 0.1) is 17.8 Å². The van der Waals surface area contributed by atoms with E-state index in [4.69, 9.17) is 0 Å². The van der Waals surface area contributed by atoms with Crippen LogP contribution in [0.3, 0.4) is 0 Å². The van der Waals surface area contributed by atoms with Crippen molar-refractivity contribution in [3.63, 3.8) is 0 Å². The molecule has 3 rings (SSSR count). The Balaban J connectivity index is 1.70. The first kappa shape index (κ1) is 12.9. The lowest BCUT2D eigenvalue weighted by molar-refractivity contribution is 0.352. The van der Waals surface area contributed by atoms with Crippen LogP contribution in [0.1, 0.15) is 75.9 Å². The molecule has 0 saturated heterocycles. The molecule has 102 valence electrons. The van der Waals surface area contributed by atoms with Gasteiger partial charge in [0.1, 0.15) is 0 Å². The molecule has 0 aromatic carbocycles. The van der Waals surface area contributed by atoms with Crippen molar-refractivity contribution in [2.45, 2.75) is 70.3 Å². The molecule has 1 heterocycles. The lowest BCUT2D eigenvalue weighted by Crippen LogP contribution is -2.13. The molecule has 2 fully saturated rings. The first-order chi connectivity index (χ1) is 9.43. The maximum absolute atomic E-state index is 3.53. The van der Waals surface area contributed by atoms with E-state index in [0.29, 0.717) is 12.0 Å². The van der Waals surface area contributed by atoms with Crippen LogP contribution in [0.15, 0.2) is 18.3 Å². The second-order valence-electron chi connectivity index (χ2n) is 6.20. The van der Waals surface area contributed by atoms with Crippen molar-refractivity contribution in [2.24, 2.45) is 5.92 Å². The van der Waals surface area contributed by atoms with Crippen LogP contribution < -0.4 is 0 Å². The lowest BCUT2D eigenvalue weighted by atomic mass is 9.90. The molecule has 0 radical (unpaired) electrons. The molecule has 1 aromatic rings. The van der Waals surface area contributed by atoms with Gasteiger partial charge in [-0.1, -0.05) is 44.4 Å². The molecule has 0 bridgehead atoms. The Bertz CT molecular complexity index is 448. The van der Waals surface area contributed by atoms with E-state index in [-0.39, 0.29) is 0 Å². The molecule has 0 N–H and O–H groups in total. The van der Waals surface area contributed by atoms with Crippen molar-refractivity contribution in [3.8, 4) is 11.8 Å². The highest BCUT2D eigenvalue weighted by Gasteiger charge is 2.16. The summed E-state index contributed by atoms with van der Waals surface area (Å²) in [5.74, 6) is 7.66. The number of nitrogens with zero attached hydrogens (tertiary/aromatic N) is 1. The van der Waals surface area contributed by atoms with E-state index in [1.165, 1.54) is 69.9 Å². The summed E-state index contributed by atoms with van der Waals surface area (Å²) in [7, 11) is 0. The Hall–Kier alpha value is -1.16. The quantitative estimate of drug-likeness (QED) is 0.627. The summed E-state index contributed by atoms with van der Waals surface area (Å²) in [6, 6.07) is 5.07. The summed E-state index contributed by atoms with van der Waals surface area (Å²) in [5.41, 5.74) is 1.25. The fourth-order valence-electron chi connectivity index (χ4n) is 3.60. The SMILES string of the molecule is C(#CC1CCCCC1)c1cccn1C1CCCCC1. The molecule has 1 heteroatoms. The van der Waals surface area contributed by atoms with E-state index in [0.717, 1.165) is 0 Å². The highest BCUT2D eigenvalue weighted by atomic mass is 15.0. The smallest absolute Gasteiger partial charge is 0.0922 e. The fraction of sp³-hybridized carbons (Fsp3) is 0.667. The minimum absolute atomic E-state index is 0.656. The third-order valence-corrected chi connectivity index (χ3v) is 4.76. The Morgan fingerprint density at radius 1 is 0.895 bits per heavy atom. The topological polar surface area (TPSA) is 4.93 Å². The van der Waals surface area contributed by atoms with Crippen molar-refractivity contribution < 1.29 is 0 Å². The van der Waals surface area contributed by atoms with Gasteiger partial charge in [-0.25, -0.2) is 0 Å². The summed E-state index contributed by atoms with van der Waals surface area (Å²) in [5, 5.41) is 0. The van der Waals surface area contributed by atoms with E-state index < -0.39 is 0 Å². The van der Waals surface area contributed by atoms with Crippen LogP contribution in [0.4, 0.5) is 0 Å². The van der Waals surface area contributed by atoms with Gasteiger partial charge in [0.05, 0.1) is 5.69 Å². The second kappa shape index (κ2) is 6.33. The van der Waals surface area contributed by atoms with Crippen LogP contribution in [0.25, 0.3) is 0 Å². The average Bonchev–Trinajstić information content (AvgIpc) is 2.95. The normalized spacial score (nSPS) is 21.9. The number of aromatic nitrogens is 1. The highest BCUT2D eigenvalue weighted by Crippen LogP contribution is 2.29. The third-order valence-electron chi connectivity index (χ3n) is 4.76. The predicted octanol–water partition coefficient (Wildman–Crippen LogP) is 4.93. The first-order valence-electron chi connectivity index (χ1n) is 8.12. The molecule has 0 atom stereocenters. The van der Waals surface area contributed by atoms with Crippen LogP contribution in [-0.2, 0) is 0 Å². The van der Waals surface area contributed by atoms with Gasteiger partial charge >= 0.3 is 0 Å². The minimum Gasteiger partial charge on any atom is -0.338 e. The first-order valence-corrected chi connectivity index (χ1v) is 8.12. The standard InChI is InChI=1S/C18H25N/c1-3-8-16(9-4-1)13-14-18-12-7-15-19(18)17-10-5-2-6-11-17/h7,12,15-17H,1-6,8-11H2. The Morgan fingerprint density at radius 2 is 1.58 bits per heavy atom. The van der Waals surface area contributed by atoms with Crippen LogP contribution in [0.5, 0.6) is 0 Å². The highest BCUT2D eigenvalue weighted by molar-refractivity contribution is 5.30. The van der Waals surface area contributed by atoms with Gasteiger partial charge in [-0.05, 0) is 43.7 Å². The van der Waals surface area contributed by atoms with E-state index >= 15 is 0 Å². The van der Waals surface area contributed by atoms with Crippen molar-refractivity contribution >= 4 is 0 Å². The van der Waals surface area contributed by atoms with Crippen LogP contribution in [-0.4, -0.2) is 4.57 Å². The van der Waals surface area contributed by atoms with E-state index in [9.17, 15) is 0 Å². The van der Waals surface area contributed by atoms with Gasteiger partial charge in [0.2, 0.25) is 0 Å². The molecule has 0 aliphatic heterocycles. The van der Waals surface area contributed by atoms with E-state index in [2.05, 4.69) is 34.7 Å². The van der Waals surface area contributed by atoms with Gasteiger partial charge in [-0.15, -0.1) is 0 Å². The van der Waals surface area contributed by atoms with Gasteiger partial charge in [0.25, 0.3) is 0 Å². The lowest BCUT2D eigenvalue weighted by Gasteiger charge is -2.24. The number of rotatable bonds is 1. The summed E-state index contributed by atoms with van der Waals surface area (Å²) in [6.45, 7) is 0. The molecule has 1 aromatic heterocycles. The van der Waals surface area contributed by atoms with Crippen LogP contribution >= 0.6 is 0 Å². The van der Waals surface area contributed by atoms with Crippen LogP contribution in [0.2, 0.25) is 0 Å². The average molecular weight is 255 g/mol. The molecule has 19 heavy (non-hydrogen) atoms. The summed E-state index contributed by atoms with van der Waals surface area (Å²) < 4.78 is 2.44. The third kappa shape index (κ3) is 3.24. The van der Waals surface area contributed by atoms with Crippen molar-refractivity contribution in [3.05, 3.63) is 24.0 Å². The summed E-state index contributed by atoms with van der Waals surface area (Å²) in [4.78, 5) is 0. The predicted molar refractivity (Wildman–Crippen MR) is 80.0 cm³/mol. The monoisotopic (exact) mass is 255 g/mol. The molecule has 0 spiro atoms. The van der Waals surface area contributed by atoms with Crippen molar-refractivity contribution in [2.75, 3.05) is 0 Å². The molecular weight excluding hydrogens is 230 g/mol. The maximum atomic E-state index is 3.53. The summed E-state index contributed by atoms with van der Waals surface area (Å²) in [6.07, 6.45) is 15.9. The van der Waals surface area contributed by atoms with Gasteiger partial charge in [-0.2, -0.15) is 0 Å². The zero-order valence-electron chi connectivity index (χ0n) is 11.9. The van der Waals surface area contributed by atoms with E-state index in [1.807, 2.05) is 0 Å². The molecule has 2 aliphatic carbocycles. The molecule has 0 amide bonds. The van der Waals surface area contributed by atoms with Gasteiger partial charge in [0, 0.05) is 18.2 Å². The largest absolute Gasteiger partial charge is 0.338 e. The number of hydrogen-bond donors (Lipinski definition) is 0. The molecule has 1 nitrogen and oxygen atoms in total. The fourth-order valence-corrected chi connectivity index (χ4v) is 3.60. The molecule has 0 unspecified atom stereocenters. The van der Waals surface area contributed by atoms with Gasteiger partial charge < -0.3 is 4.57 Å². The van der Waals surface area contributed by atoms with Gasteiger partial charge in [-0.3, -0.25) is 0 Å². The molecule has 2 saturated carbocycles. The minimum atomic E-state index is 0.656. The van der Waals surface area contributed by atoms with E-state index in [1.54, 1.807) is 0 Å². The Morgan fingerprint density at radius 3 is 2.32 bits per heavy atom. The van der Waals surface area contributed by atoms with Gasteiger partial charge in [0.15, 0.2) is 0 Å². The van der Waals surface area contributed by atoms with Crippen molar-refractivity contribution in [1.82, 2.24) is 4.57 Å². The second-order valence-corrected chi connectivity index (χ2v) is 6.20. The number of hydrogen-bond acceptors (Lipinski definition) is 0. The zero-order chi connectivity index (χ0) is 12.9. The zero-order valence-corrected chi connectivity index (χ0v) is 11.9. The van der Waals surface area contributed by atoms with Crippen molar-refractivity contribution in [1.29, 1.82) is 0 Å². The Labute approximate surface area is 117 Å².